The van der Waals surface area contributed by atoms with E-state index in [1.807, 2.05) is 13.0 Å². The quantitative estimate of drug-likeness (QED) is 0.447. The average molecular weight is 473 g/mol. The molecule has 32 heavy (non-hydrogen) atoms. The van der Waals surface area contributed by atoms with Gasteiger partial charge >= 0.3 is 0 Å². The van der Waals surface area contributed by atoms with Crippen LogP contribution in [-0.4, -0.2) is 39.3 Å². The van der Waals surface area contributed by atoms with Crippen molar-refractivity contribution >= 4 is 46.1 Å². The first kappa shape index (κ1) is 24.5. The number of hydrogen-bond donors (Lipinski definition) is 0. The molecule has 0 radical (unpaired) electrons. The molecule has 6 nitrogen and oxygen atoms in total. The minimum absolute atomic E-state index is 0.0916. The number of carbonyl (C=O) groups excluding carboxylic acids is 1. The van der Waals surface area contributed by atoms with Crippen LogP contribution >= 0.6 is 24.0 Å². The largest absolute Gasteiger partial charge is 0.357 e. The first-order chi connectivity index (χ1) is 15.2. The van der Waals surface area contributed by atoms with E-state index in [0.717, 1.165) is 43.7 Å². The van der Waals surface area contributed by atoms with Gasteiger partial charge in [0, 0.05) is 31.7 Å². The molecule has 1 aromatic rings. The van der Waals surface area contributed by atoms with Crippen LogP contribution in [0.25, 0.3) is 6.08 Å². The van der Waals surface area contributed by atoms with Crippen LogP contribution in [0, 0.1) is 30.1 Å². The highest BCUT2D eigenvalue weighted by Gasteiger charge is 2.33. The molecule has 0 N–H and O–H groups in total. The van der Waals surface area contributed by atoms with Crippen LogP contribution in [0.4, 0.5) is 5.82 Å². The Bertz CT molecular complexity index is 1040. The summed E-state index contributed by atoms with van der Waals surface area (Å²) in [6.07, 6.45) is 4.83. The second-order valence-electron chi connectivity index (χ2n) is 9.08. The molecule has 3 heterocycles. The van der Waals surface area contributed by atoms with Gasteiger partial charge in [-0.05, 0) is 56.6 Å². The van der Waals surface area contributed by atoms with E-state index >= 15 is 0 Å². The molecule has 0 bridgehead atoms. The maximum atomic E-state index is 13.2. The predicted octanol–water partition coefficient (Wildman–Crippen LogP) is 4.53. The van der Waals surface area contributed by atoms with Gasteiger partial charge in [-0.1, -0.05) is 44.8 Å². The third kappa shape index (κ3) is 4.79. The van der Waals surface area contributed by atoms with E-state index in [0.29, 0.717) is 39.7 Å². The summed E-state index contributed by atoms with van der Waals surface area (Å²) >= 11 is 6.80. The third-order valence-electron chi connectivity index (χ3n) is 6.32. The Hall–Kier alpha value is -2.11. The predicted molar refractivity (Wildman–Crippen MR) is 136 cm³/mol. The van der Waals surface area contributed by atoms with Crippen molar-refractivity contribution < 1.29 is 4.79 Å². The lowest BCUT2D eigenvalue weighted by molar-refractivity contribution is -0.122. The Morgan fingerprint density at radius 3 is 2.50 bits per heavy atom. The molecule has 3 rings (SSSR count). The van der Waals surface area contributed by atoms with Gasteiger partial charge in [-0.3, -0.25) is 19.1 Å². The zero-order chi connectivity index (χ0) is 23.6. The number of piperidine rings is 1. The van der Waals surface area contributed by atoms with Crippen molar-refractivity contribution in [1.82, 2.24) is 9.47 Å². The second kappa shape index (κ2) is 10.2. The number of nitriles is 1. The van der Waals surface area contributed by atoms with E-state index in [4.69, 9.17) is 12.2 Å². The van der Waals surface area contributed by atoms with E-state index in [1.165, 1.54) is 11.8 Å². The van der Waals surface area contributed by atoms with Gasteiger partial charge in [0.2, 0.25) is 0 Å². The van der Waals surface area contributed by atoms with Crippen LogP contribution in [0.3, 0.4) is 0 Å². The molecule has 0 saturated carbocycles. The number of rotatable bonds is 6. The van der Waals surface area contributed by atoms with Gasteiger partial charge in [0.1, 0.15) is 21.8 Å². The highest BCUT2D eigenvalue weighted by Crippen LogP contribution is 2.36. The van der Waals surface area contributed by atoms with Crippen molar-refractivity contribution in [2.45, 2.75) is 60.4 Å². The zero-order valence-electron chi connectivity index (χ0n) is 19.6. The topological polar surface area (TPSA) is 69.3 Å². The minimum atomic E-state index is -0.261. The number of pyridine rings is 1. The standard InChI is InChI=1S/C24H32N4O2S2/c1-6-27-21(26-10-8-16(4)9-11-26)18(17(5)19(14-25)22(27)29)13-20-23(30)28(24(31)32-20)12-7-15(2)3/h13,15-16H,6-12H2,1-5H3. The molecule has 0 atom stereocenters. The second-order valence-corrected chi connectivity index (χ2v) is 10.8. The first-order valence-corrected chi connectivity index (χ1v) is 12.6. The minimum Gasteiger partial charge on any atom is -0.357 e. The summed E-state index contributed by atoms with van der Waals surface area (Å²) in [4.78, 5) is 30.7. The molecule has 2 aliphatic heterocycles. The summed E-state index contributed by atoms with van der Waals surface area (Å²) in [5, 5.41) is 9.70. The monoisotopic (exact) mass is 472 g/mol. The van der Waals surface area contributed by atoms with E-state index in [1.54, 1.807) is 16.4 Å². The molecule has 8 heteroatoms. The highest BCUT2D eigenvalue weighted by molar-refractivity contribution is 8.26. The lowest BCUT2D eigenvalue weighted by Crippen LogP contribution is -2.39. The maximum absolute atomic E-state index is 13.2. The summed E-state index contributed by atoms with van der Waals surface area (Å²) in [6, 6.07) is 2.09. The van der Waals surface area contributed by atoms with Crippen LogP contribution in [-0.2, 0) is 11.3 Å². The van der Waals surface area contributed by atoms with Crippen molar-refractivity contribution in [1.29, 1.82) is 5.26 Å². The van der Waals surface area contributed by atoms with Gasteiger partial charge in [-0.2, -0.15) is 5.26 Å². The van der Waals surface area contributed by atoms with E-state index < -0.39 is 0 Å². The van der Waals surface area contributed by atoms with Crippen molar-refractivity contribution in [3.8, 4) is 6.07 Å². The Morgan fingerprint density at radius 1 is 1.28 bits per heavy atom. The van der Waals surface area contributed by atoms with Gasteiger partial charge in [-0.25, -0.2) is 0 Å². The fraction of sp³-hybridized carbons (Fsp3) is 0.583. The van der Waals surface area contributed by atoms with E-state index in [-0.39, 0.29) is 17.0 Å². The Balaban J connectivity index is 2.13. The molecule has 0 spiro atoms. The average Bonchev–Trinajstić information content (AvgIpc) is 3.01. The van der Waals surface area contributed by atoms with Gasteiger partial charge in [0.05, 0.1) is 4.91 Å². The van der Waals surface area contributed by atoms with Crippen LogP contribution in [0.5, 0.6) is 0 Å². The summed E-state index contributed by atoms with van der Waals surface area (Å²) in [6.45, 7) is 13.0. The number of hydrogen-bond acceptors (Lipinski definition) is 6. The number of carbonyl (C=O) groups is 1. The summed E-state index contributed by atoms with van der Waals surface area (Å²) in [5.41, 5.74) is 1.29. The van der Waals surface area contributed by atoms with Gasteiger partial charge in [-0.15, -0.1) is 0 Å². The molecule has 2 aliphatic rings. The van der Waals surface area contributed by atoms with E-state index in [2.05, 4.69) is 31.7 Å². The molecule has 2 saturated heterocycles. The molecule has 2 fully saturated rings. The molecular formula is C24H32N4O2S2. The normalized spacial score (nSPS) is 18.8. The number of aromatic nitrogens is 1. The summed E-state index contributed by atoms with van der Waals surface area (Å²) < 4.78 is 2.25. The van der Waals surface area contributed by atoms with Crippen molar-refractivity contribution in [2.24, 2.45) is 11.8 Å². The lowest BCUT2D eigenvalue weighted by Gasteiger charge is -2.35. The van der Waals surface area contributed by atoms with Gasteiger partial charge in [0.15, 0.2) is 0 Å². The molecule has 172 valence electrons. The summed E-state index contributed by atoms with van der Waals surface area (Å²) in [5.74, 6) is 1.85. The smallest absolute Gasteiger partial charge is 0.270 e. The van der Waals surface area contributed by atoms with Crippen LogP contribution in [0.15, 0.2) is 9.70 Å². The molecule has 0 aromatic carbocycles. The number of anilines is 1. The van der Waals surface area contributed by atoms with Crippen molar-refractivity contribution in [3.05, 3.63) is 31.9 Å². The number of amides is 1. The highest BCUT2D eigenvalue weighted by atomic mass is 32.2. The van der Waals surface area contributed by atoms with Gasteiger partial charge in [0.25, 0.3) is 11.5 Å². The number of thioether (sulfide) groups is 1. The van der Waals surface area contributed by atoms with Crippen LogP contribution in [0.1, 0.15) is 63.6 Å². The van der Waals surface area contributed by atoms with E-state index in [9.17, 15) is 14.9 Å². The van der Waals surface area contributed by atoms with Gasteiger partial charge < -0.3 is 4.90 Å². The molecule has 0 unspecified atom stereocenters. The Morgan fingerprint density at radius 2 is 1.94 bits per heavy atom. The fourth-order valence-corrected chi connectivity index (χ4v) is 5.50. The Kier molecular flexibility index (Phi) is 7.84. The van der Waals surface area contributed by atoms with Crippen molar-refractivity contribution in [2.75, 3.05) is 24.5 Å². The fourth-order valence-electron chi connectivity index (χ4n) is 4.21. The Labute approximate surface area is 200 Å². The molecule has 1 aromatic heterocycles. The maximum Gasteiger partial charge on any atom is 0.270 e. The first-order valence-electron chi connectivity index (χ1n) is 11.4. The third-order valence-corrected chi connectivity index (χ3v) is 7.70. The SMILES string of the molecule is CCn1c(N2CCC(C)CC2)c(C=C2SC(=S)N(CCC(C)C)C2=O)c(C)c(C#N)c1=O. The number of nitrogens with zero attached hydrogens (tertiary/aromatic N) is 4. The van der Waals surface area contributed by atoms with Crippen molar-refractivity contribution in [3.63, 3.8) is 0 Å². The summed E-state index contributed by atoms with van der Waals surface area (Å²) in [7, 11) is 0. The van der Waals surface area contributed by atoms with Crippen LogP contribution < -0.4 is 10.5 Å². The lowest BCUT2D eigenvalue weighted by atomic mass is 9.97. The molecule has 0 aliphatic carbocycles. The molecular weight excluding hydrogens is 440 g/mol. The van der Waals surface area contributed by atoms with Crippen LogP contribution in [0.2, 0.25) is 0 Å². The molecule has 1 amide bonds. The zero-order valence-corrected chi connectivity index (χ0v) is 21.2. The number of thiocarbonyl (C=S) groups is 1.